The number of carbonyl (C=O) groups excluding carboxylic acids is 3. The summed E-state index contributed by atoms with van der Waals surface area (Å²) in [6.45, 7) is 5.61. The average Bonchev–Trinajstić information content (AvgIpc) is 3.27. The van der Waals surface area contributed by atoms with Gasteiger partial charge in [-0.05, 0) is 51.0 Å². The van der Waals surface area contributed by atoms with Crippen molar-refractivity contribution in [3.63, 3.8) is 0 Å². The molecule has 5 N–H and O–H groups in total. The van der Waals surface area contributed by atoms with Crippen LogP contribution in [-0.4, -0.2) is 63.1 Å². The standard InChI is InChI=1S/C25H32N4O4S/c1-25(2,3)28-23(32)20-14-34-15-29(20)24(33)21(30)19(12-16-8-5-4-6-9-16)27-22(31)17-10-7-11-18(26)13-17/h4-11,13,19-21,30H,12,14-15,26H2,1-3H3,(H,27,31)(H,28,32)/t19-,20-,21-/m0/s1. The Morgan fingerprint density at radius 1 is 1.15 bits per heavy atom. The predicted octanol–water partition coefficient (Wildman–Crippen LogP) is 1.79. The Bertz CT molecular complexity index is 1030. The lowest BCUT2D eigenvalue weighted by molar-refractivity contribution is -0.146. The number of benzene rings is 2. The Kier molecular flexibility index (Phi) is 8.22. The minimum absolute atomic E-state index is 0.238. The van der Waals surface area contributed by atoms with E-state index in [4.69, 9.17) is 5.73 Å². The topological polar surface area (TPSA) is 125 Å². The highest BCUT2D eigenvalue weighted by molar-refractivity contribution is 7.99. The molecule has 1 aliphatic heterocycles. The number of aliphatic hydroxyl groups is 1. The van der Waals surface area contributed by atoms with Crippen LogP contribution in [0.2, 0.25) is 0 Å². The Morgan fingerprint density at radius 2 is 1.85 bits per heavy atom. The summed E-state index contributed by atoms with van der Waals surface area (Å²) in [4.78, 5) is 40.4. The number of anilines is 1. The number of nitrogen functional groups attached to an aromatic ring is 1. The third-order valence-corrected chi connectivity index (χ3v) is 6.38. The average molecular weight is 485 g/mol. The summed E-state index contributed by atoms with van der Waals surface area (Å²) in [7, 11) is 0. The van der Waals surface area contributed by atoms with E-state index in [9.17, 15) is 19.5 Å². The molecule has 8 nitrogen and oxygen atoms in total. The highest BCUT2D eigenvalue weighted by atomic mass is 32.2. The van der Waals surface area contributed by atoms with E-state index in [1.54, 1.807) is 18.2 Å². The molecule has 1 aliphatic rings. The molecule has 9 heteroatoms. The van der Waals surface area contributed by atoms with Crippen molar-refractivity contribution in [2.24, 2.45) is 0 Å². The summed E-state index contributed by atoms with van der Waals surface area (Å²) < 4.78 is 0. The largest absolute Gasteiger partial charge is 0.399 e. The van der Waals surface area contributed by atoms with Gasteiger partial charge in [0.15, 0.2) is 6.10 Å². The number of aliphatic hydroxyl groups excluding tert-OH is 1. The van der Waals surface area contributed by atoms with Crippen LogP contribution in [0.15, 0.2) is 54.6 Å². The first-order chi connectivity index (χ1) is 16.0. The van der Waals surface area contributed by atoms with Gasteiger partial charge in [0.25, 0.3) is 11.8 Å². The number of rotatable bonds is 7. The number of amides is 3. The van der Waals surface area contributed by atoms with Crippen molar-refractivity contribution in [2.45, 2.75) is 50.9 Å². The summed E-state index contributed by atoms with van der Waals surface area (Å²) in [5.41, 5.74) is 6.97. The third kappa shape index (κ3) is 6.74. The van der Waals surface area contributed by atoms with E-state index in [-0.39, 0.29) is 12.3 Å². The zero-order valence-electron chi connectivity index (χ0n) is 19.7. The first-order valence-electron chi connectivity index (χ1n) is 11.1. The van der Waals surface area contributed by atoms with Crippen molar-refractivity contribution in [2.75, 3.05) is 17.4 Å². The molecule has 0 bridgehead atoms. The SMILES string of the molecule is CC(C)(C)NC(=O)[C@@H]1CSCN1C(=O)[C@@H](O)[C@H](Cc1ccccc1)NC(=O)c1cccc(N)c1. The van der Waals surface area contributed by atoms with Crippen molar-refractivity contribution in [3.8, 4) is 0 Å². The number of nitrogens with one attached hydrogen (secondary N) is 2. The van der Waals surface area contributed by atoms with Gasteiger partial charge in [0.2, 0.25) is 5.91 Å². The molecule has 0 radical (unpaired) electrons. The number of nitrogens with zero attached hydrogens (tertiary/aromatic N) is 1. The molecule has 3 atom stereocenters. The van der Waals surface area contributed by atoms with Gasteiger partial charge in [-0.2, -0.15) is 0 Å². The molecule has 0 aliphatic carbocycles. The lowest BCUT2D eigenvalue weighted by Gasteiger charge is -2.31. The summed E-state index contributed by atoms with van der Waals surface area (Å²) in [6.07, 6.45) is -1.30. The van der Waals surface area contributed by atoms with E-state index in [0.29, 0.717) is 22.9 Å². The van der Waals surface area contributed by atoms with Crippen LogP contribution in [0.5, 0.6) is 0 Å². The lowest BCUT2D eigenvalue weighted by Crippen LogP contribution is -2.57. The second kappa shape index (κ2) is 10.9. The van der Waals surface area contributed by atoms with E-state index >= 15 is 0 Å². The monoisotopic (exact) mass is 484 g/mol. The molecular weight excluding hydrogens is 452 g/mol. The molecule has 0 saturated carbocycles. The molecule has 2 aromatic carbocycles. The molecule has 2 aromatic rings. The maximum atomic E-state index is 13.3. The van der Waals surface area contributed by atoms with E-state index in [0.717, 1.165) is 5.56 Å². The van der Waals surface area contributed by atoms with Crippen molar-refractivity contribution in [3.05, 3.63) is 65.7 Å². The molecule has 3 rings (SSSR count). The van der Waals surface area contributed by atoms with Crippen molar-refractivity contribution in [1.82, 2.24) is 15.5 Å². The zero-order valence-corrected chi connectivity index (χ0v) is 20.5. The minimum Gasteiger partial charge on any atom is -0.399 e. The van der Waals surface area contributed by atoms with Crippen LogP contribution < -0.4 is 16.4 Å². The van der Waals surface area contributed by atoms with Crippen LogP contribution in [0.4, 0.5) is 5.69 Å². The minimum atomic E-state index is -1.53. The van der Waals surface area contributed by atoms with E-state index in [1.165, 1.54) is 22.7 Å². The molecule has 0 unspecified atom stereocenters. The first-order valence-corrected chi connectivity index (χ1v) is 12.3. The van der Waals surface area contributed by atoms with Crippen LogP contribution in [-0.2, 0) is 16.0 Å². The number of carbonyl (C=O) groups is 3. The number of thioether (sulfide) groups is 1. The smallest absolute Gasteiger partial charge is 0.254 e. The predicted molar refractivity (Wildman–Crippen MR) is 134 cm³/mol. The van der Waals surface area contributed by atoms with Gasteiger partial charge in [-0.15, -0.1) is 11.8 Å². The van der Waals surface area contributed by atoms with Crippen molar-refractivity contribution in [1.29, 1.82) is 0 Å². The van der Waals surface area contributed by atoms with Gasteiger partial charge < -0.3 is 26.4 Å². The Morgan fingerprint density at radius 3 is 2.50 bits per heavy atom. The van der Waals surface area contributed by atoms with Gasteiger partial charge >= 0.3 is 0 Å². The number of hydrogen-bond donors (Lipinski definition) is 4. The summed E-state index contributed by atoms with van der Waals surface area (Å²) in [5.74, 6) is -0.564. The Balaban J connectivity index is 1.80. The van der Waals surface area contributed by atoms with Gasteiger partial charge in [0.05, 0.1) is 11.9 Å². The maximum absolute atomic E-state index is 13.3. The number of hydrogen-bond acceptors (Lipinski definition) is 6. The summed E-state index contributed by atoms with van der Waals surface area (Å²) in [6, 6.07) is 14.2. The molecule has 1 fully saturated rings. The number of nitrogens with two attached hydrogens (primary N) is 1. The third-order valence-electron chi connectivity index (χ3n) is 5.36. The molecule has 3 amide bonds. The molecule has 1 saturated heterocycles. The summed E-state index contributed by atoms with van der Waals surface area (Å²) in [5, 5.41) is 16.8. The van der Waals surface area contributed by atoms with Crippen LogP contribution in [0, 0.1) is 0 Å². The fraction of sp³-hybridized carbons (Fsp3) is 0.400. The van der Waals surface area contributed by atoms with Crippen LogP contribution in [0.3, 0.4) is 0 Å². The first kappa shape index (κ1) is 25.6. The maximum Gasteiger partial charge on any atom is 0.254 e. The van der Waals surface area contributed by atoms with Crippen LogP contribution in [0.1, 0.15) is 36.7 Å². The Labute approximate surface area is 204 Å². The van der Waals surface area contributed by atoms with Gasteiger partial charge in [-0.3, -0.25) is 14.4 Å². The summed E-state index contributed by atoms with van der Waals surface area (Å²) >= 11 is 1.45. The molecular formula is C25H32N4O4S. The van der Waals surface area contributed by atoms with E-state index in [2.05, 4.69) is 10.6 Å². The second-order valence-corrected chi connectivity index (χ2v) is 10.4. The molecule has 1 heterocycles. The molecule has 34 heavy (non-hydrogen) atoms. The zero-order chi connectivity index (χ0) is 24.9. The fourth-order valence-electron chi connectivity index (χ4n) is 3.71. The molecule has 0 aromatic heterocycles. The normalized spacial score (nSPS) is 17.6. The highest BCUT2D eigenvalue weighted by Gasteiger charge is 2.40. The van der Waals surface area contributed by atoms with Gasteiger partial charge in [-0.1, -0.05) is 36.4 Å². The fourth-order valence-corrected chi connectivity index (χ4v) is 4.88. The van der Waals surface area contributed by atoms with Gasteiger partial charge in [0.1, 0.15) is 6.04 Å². The van der Waals surface area contributed by atoms with Crippen molar-refractivity contribution >= 4 is 35.2 Å². The highest BCUT2D eigenvalue weighted by Crippen LogP contribution is 2.24. The Hall–Kier alpha value is -3.04. The molecule has 0 spiro atoms. The van der Waals surface area contributed by atoms with E-state index < -0.39 is 35.5 Å². The van der Waals surface area contributed by atoms with E-state index in [1.807, 2.05) is 51.1 Å². The quantitative estimate of drug-likeness (QED) is 0.444. The lowest BCUT2D eigenvalue weighted by atomic mass is 9.99. The van der Waals surface area contributed by atoms with Gasteiger partial charge in [0, 0.05) is 22.5 Å². The second-order valence-electron chi connectivity index (χ2n) is 9.40. The van der Waals surface area contributed by atoms with Crippen LogP contribution in [0.25, 0.3) is 0 Å². The van der Waals surface area contributed by atoms with Crippen LogP contribution >= 0.6 is 11.8 Å². The van der Waals surface area contributed by atoms with Crippen molar-refractivity contribution < 1.29 is 19.5 Å². The van der Waals surface area contributed by atoms with Gasteiger partial charge in [-0.25, -0.2) is 0 Å². The molecule has 182 valence electrons.